The molecular weight excluding hydrogens is 221 g/mol. The lowest BCUT2D eigenvalue weighted by Crippen LogP contribution is -2.56. The lowest BCUT2D eigenvalue weighted by Gasteiger charge is -2.38. The molecule has 0 aromatic rings. The van der Waals surface area contributed by atoms with Crippen LogP contribution in [0.3, 0.4) is 0 Å². The first-order valence-corrected chi connectivity index (χ1v) is 6.00. The van der Waals surface area contributed by atoms with Crippen molar-refractivity contribution in [2.24, 2.45) is 11.3 Å². The molecule has 0 aliphatic rings. The molecule has 1 atom stereocenters. The fourth-order valence-electron chi connectivity index (χ4n) is 1.67. The predicted octanol–water partition coefficient (Wildman–Crippen LogP) is 2.55. The van der Waals surface area contributed by atoms with Crippen LogP contribution in [0.25, 0.3) is 0 Å². The van der Waals surface area contributed by atoms with Crippen LogP contribution in [0, 0.1) is 11.3 Å². The van der Waals surface area contributed by atoms with E-state index < -0.39 is 17.7 Å². The lowest BCUT2D eigenvalue weighted by atomic mass is 9.86. The Morgan fingerprint density at radius 3 is 2.06 bits per heavy atom. The van der Waals surface area contributed by atoms with E-state index in [1.54, 1.807) is 21.0 Å². The predicted molar refractivity (Wildman–Crippen MR) is 67.6 cm³/mol. The number of alkyl halides is 1. The maximum Gasteiger partial charge on any atom is 0.228 e. The highest BCUT2D eigenvalue weighted by Crippen LogP contribution is 2.23. The zero-order valence-corrected chi connectivity index (χ0v) is 12.1. The number of hydrogen-bond acceptors (Lipinski definition) is 2. The fraction of sp³-hybridized carbons (Fsp3) is 0.923. The Bertz CT molecular complexity index is 262. The molecule has 4 heteroatoms. The van der Waals surface area contributed by atoms with Crippen LogP contribution < -0.4 is 5.32 Å². The molecule has 0 aromatic heterocycles. The normalized spacial score (nSPS) is 14.9. The average molecular weight is 247 g/mol. The van der Waals surface area contributed by atoms with Gasteiger partial charge in [-0.05, 0) is 33.6 Å². The number of amides is 1. The standard InChI is InChI=1S/C13H26FNO2/c1-9(2)10(13(5,6)17-7)15-11(16)12(3,4)8-14/h9-10H,8H2,1-7H3,(H,15,16). The number of ether oxygens (including phenoxy) is 1. The van der Waals surface area contributed by atoms with E-state index in [9.17, 15) is 9.18 Å². The summed E-state index contributed by atoms with van der Waals surface area (Å²) in [4.78, 5) is 12.0. The van der Waals surface area contributed by atoms with Gasteiger partial charge >= 0.3 is 0 Å². The van der Waals surface area contributed by atoms with Crippen molar-refractivity contribution in [1.82, 2.24) is 5.32 Å². The van der Waals surface area contributed by atoms with Crippen molar-refractivity contribution in [3.8, 4) is 0 Å². The van der Waals surface area contributed by atoms with Gasteiger partial charge in [-0.2, -0.15) is 0 Å². The van der Waals surface area contributed by atoms with E-state index in [0.29, 0.717) is 0 Å². The van der Waals surface area contributed by atoms with Crippen LogP contribution in [0.5, 0.6) is 0 Å². The van der Waals surface area contributed by atoms with Gasteiger partial charge in [0.2, 0.25) is 5.91 Å². The summed E-state index contributed by atoms with van der Waals surface area (Å²) in [5.41, 5.74) is -1.47. The Hall–Kier alpha value is -0.640. The average Bonchev–Trinajstić information content (AvgIpc) is 2.24. The molecule has 0 heterocycles. The van der Waals surface area contributed by atoms with E-state index in [2.05, 4.69) is 5.32 Å². The molecule has 0 radical (unpaired) electrons. The largest absolute Gasteiger partial charge is 0.377 e. The molecule has 0 aliphatic heterocycles. The molecule has 17 heavy (non-hydrogen) atoms. The molecule has 0 rings (SSSR count). The highest BCUT2D eigenvalue weighted by atomic mass is 19.1. The third kappa shape index (κ3) is 4.26. The zero-order chi connectivity index (χ0) is 13.9. The summed E-state index contributed by atoms with van der Waals surface area (Å²) < 4.78 is 18.2. The van der Waals surface area contributed by atoms with Gasteiger partial charge in [-0.3, -0.25) is 4.79 Å². The van der Waals surface area contributed by atoms with Gasteiger partial charge < -0.3 is 10.1 Å². The van der Waals surface area contributed by atoms with Crippen molar-refractivity contribution in [1.29, 1.82) is 0 Å². The third-order valence-corrected chi connectivity index (χ3v) is 3.18. The summed E-state index contributed by atoms with van der Waals surface area (Å²) in [5.74, 6) is -0.0619. The number of nitrogens with one attached hydrogen (secondary N) is 1. The van der Waals surface area contributed by atoms with E-state index in [1.807, 2.05) is 27.7 Å². The summed E-state index contributed by atoms with van der Waals surface area (Å²) in [6, 6.07) is -0.147. The van der Waals surface area contributed by atoms with Crippen molar-refractivity contribution in [3.63, 3.8) is 0 Å². The first kappa shape index (κ1) is 16.4. The van der Waals surface area contributed by atoms with Crippen LogP contribution in [-0.2, 0) is 9.53 Å². The summed E-state index contributed by atoms with van der Waals surface area (Å²) >= 11 is 0. The molecule has 0 saturated carbocycles. The Morgan fingerprint density at radius 2 is 1.76 bits per heavy atom. The summed E-state index contributed by atoms with van der Waals surface area (Å²) in [6.45, 7) is 10.4. The van der Waals surface area contributed by atoms with Crippen LogP contribution >= 0.6 is 0 Å². The van der Waals surface area contributed by atoms with Crippen molar-refractivity contribution in [2.75, 3.05) is 13.8 Å². The van der Waals surface area contributed by atoms with Gasteiger partial charge in [0.15, 0.2) is 0 Å². The van der Waals surface area contributed by atoms with Crippen molar-refractivity contribution >= 4 is 5.91 Å². The zero-order valence-electron chi connectivity index (χ0n) is 12.1. The second kappa shape index (κ2) is 5.80. The Kier molecular flexibility index (Phi) is 5.59. The first-order valence-electron chi connectivity index (χ1n) is 6.00. The van der Waals surface area contributed by atoms with E-state index in [0.717, 1.165) is 0 Å². The summed E-state index contributed by atoms with van der Waals surface area (Å²) in [6.07, 6.45) is 0. The Balaban J connectivity index is 4.86. The number of carbonyl (C=O) groups excluding carboxylic acids is 1. The number of rotatable bonds is 6. The Labute approximate surface area is 104 Å². The maximum absolute atomic E-state index is 12.8. The van der Waals surface area contributed by atoms with Crippen LogP contribution in [-0.4, -0.2) is 31.3 Å². The number of halogens is 1. The number of hydrogen-bond donors (Lipinski definition) is 1. The molecule has 0 aromatic carbocycles. The summed E-state index contributed by atoms with van der Waals surface area (Å²) in [7, 11) is 1.61. The van der Waals surface area contributed by atoms with Crippen molar-refractivity contribution in [2.45, 2.75) is 53.2 Å². The fourth-order valence-corrected chi connectivity index (χ4v) is 1.67. The first-order chi connectivity index (χ1) is 7.58. The molecule has 1 unspecified atom stereocenters. The second-order valence-corrected chi connectivity index (χ2v) is 6.02. The molecule has 102 valence electrons. The molecule has 0 fully saturated rings. The molecule has 0 bridgehead atoms. The van der Waals surface area contributed by atoms with Gasteiger partial charge in [0.25, 0.3) is 0 Å². The monoisotopic (exact) mass is 247 g/mol. The van der Waals surface area contributed by atoms with E-state index in [4.69, 9.17) is 4.74 Å². The summed E-state index contributed by atoms with van der Waals surface area (Å²) in [5, 5.41) is 2.89. The molecule has 1 N–H and O–H groups in total. The topological polar surface area (TPSA) is 38.3 Å². The van der Waals surface area contributed by atoms with E-state index in [1.165, 1.54) is 0 Å². The third-order valence-electron chi connectivity index (χ3n) is 3.18. The SMILES string of the molecule is COC(C)(C)C(NC(=O)C(C)(C)CF)C(C)C. The van der Waals surface area contributed by atoms with Crippen LogP contribution in [0.4, 0.5) is 4.39 Å². The van der Waals surface area contributed by atoms with Gasteiger partial charge in [0.05, 0.1) is 17.1 Å². The Morgan fingerprint density at radius 1 is 1.29 bits per heavy atom. The van der Waals surface area contributed by atoms with Crippen LogP contribution in [0.2, 0.25) is 0 Å². The van der Waals surface area contributed by atoms with Gasteiger partial charge in [-0.25, -0.2) is 4.39 Å². The molecule has 1 amide bonds. The molecule has 0 saturated heterocycles. The molecule has 3 nitrogen and oxygen atoms in total. The van der Waals surface area contributed by atoms with E-state index in [-0.39, 0.29) is 17.9 Å². The quantitative estimate of drug-likeness (QED) is 0.783. The van der Waals surface area contributed by atoms with Crippen molar-refractivity contribution in [3.05, 3.63) is 0 Å². The number of methoxy groups -OCH3 is 1. The maximum atomic E-state index is 12.8. The van der Waals surface area contributed by atoms with Crippen LogP contribution in [0.1, 0.15) is 41.5 Å². The lowest BCUT2D eigenvalue weighted by molar-refractivity contribution is -0.134. The molecular formula is C13H26FNO2. The highest BCUT2D eigenvalue weighted by molar-refractivity contribution is 5.82. The highest BCUT2D eigenvalue weighted by Gasteiger charge is 2.37. The van der Waals surface area contributed by atoms with Gasteiger partial charge in [0, 0.05) is 7.11 Å². The van der Waals surface area contributed by atoms with Gasteiger partial charge in [-0.1, -0.05) is 13.8 Å². The smallest absolute Gasteiger partial charge is 0.228 e. The van der Waals surface area contributed by atoms with E-state index >= 15 is 0 Å². The molecule has 0 aliphatic carbocycles. The second-order valence-electron chi connectivity index (χ2n) is 6.02. The van der Waals surface area contributed by atoms with Gasteiger partial charge in [0.1, 0.15) is 6.67 Å². The molecule has 0 spiro atoms. The van der Waals surface area contributed by atoms with Crippen molar-refractivity contribution < 1.29 is 13.9 Å². The minimum Gasteiger partial charge on any atom is -0.377 e. The van der Waals surface area contributed by atoms with Crippen LogP contribution in [0.15, 0.2) is 0 Å². The van der Waals surface area contributed by atoms with Gasteiger partial charge in [-0.15, -0.1) is 0 Å². The number of carbonyl (C=O) groups is 1. The minimum absolute atomic E-state index is 0.147. The minimum atomic E-state index is -0.989.